The molecule has 0 saturated carbocycles. The Morgan fingerprint density at radius 2 is 1.95 bits per heavy atom. The van der Waals surface area contributed by atoms with Gasteiger partial charge in [-0.15, -0.1) is 0 Å². The van der Waals surface area contributed by atoms with Gasteiger partial charge in [0.05, 0.1) is 11.3 Å². The van der Waals surface area contributed by atoms with Crippen molar-refractivity contribution in [3.63, 3.8) is 0 Å². The summed E-state index contributed by atoms with van der Waals surface area (Å²) in [6.45, 7) is -0.758. The van der Waals surface area contributed by atoms with Gasteiger partial charge in [0.15, 0.2) is 0 Å². The zero-order valence-corrected chi connectivity index (χ0v) is 11.5. The summed E-state index contributed by atoms with van der Waals surface area (Å²) in [5, 5.41) is 15.6. The smallest absolute Gasteiger partial charge is 0.408 e. The van der Waals surface area contributed by atoms with E-state index in [1.54, 1.807) is 18.2 Å². The van der Waals surface area contributed by atoms with Gasteiger partial charge in [-0.2, -0.15) is 18.3 Å². The van der Waals surface area contributed by atoms with Crippen molar-refractivity contribution in [3.05, 3.63) is 53.3 Å². The van der Waals surface area contributed by atoms with E-state index >= 15 is 0 Å². The van der Waals surface area contributed by atoms with E-state index in [9.17, 15) is 18.0 Å². The maximum absolute atomic E-state index is 12.4. The normalized spacial score (nSPS) is 11.6. The van der Waals surface area contributed by atoms with Crippen molar-refractivity contribution >= 4 is 5.97 Å². The number of aromatic nitrogens is 2. The molecule has 1 aromatic carbocycles. The number of hydrogen-bond acceptors (Lipinski definition) is 3. The van der Waals surface area contributed by atoms with Gasteiger partial charge in [-0.1, -0.05) is 18.2 Å². The predicted molar refractivity (Wildman–Crippen MR) is 72.2 cm³/mol. The van der Waals surface area contributed by atoms with E-state index in [2.05, 4.69) is 10.4 Å². The number of rotatable bonds is 6. The summed E-state index contributed by atoms with van der Waals surface area (Å²) in [7, 11) is 0. The van der Waals surface area contributed by atoms with Gasteiger partial charge in [0.1, 0.15) is 6.54 Å². The number of carbonyl (C=O) groups is 1. The van der Waals surface area contributed by atoms with Crippen LogP contribution in [0, 0.1) is 0 Å². The van der Waals surface area contributed by atoms with Crippen LogP contribution in [-0.4, -0.2) is 27.0 Å². The first-order valence-corrected chi connectivity index (χ1v) is 6.46. The van der Waals surface area contributed by atoms with Crippen LogP contribution in [0.1, 0.15) is 21.6 Å². The van der Waals surface area contributed by atoms with Gasteiger partial charge in [0, 0.05) is 19.3 Å². The highest BCUT2D eigenvalue weighted by atomic mass is 19.4. The molecule has 0 aliphatic heterocycles. The van der Waals surface area contributed by atoms with Gasteiger partial charge in [-0.3, -0.25) is 4.68 Å². The molecule has 0 bridgehead atoms. The van der Waals surface area contributed by atoms with Crippen LogP contribution in [0.3, 0.4) is 0 Å². The van der Waals surface area contributed by atoms with Gasteiger partial charge in [-0.25, -0.2) is 4.79 Å². The molecule has 0 amide bonds. The minimum atomic E-state index is -4.34. The first-order chi connectivity index (χ1) is 10.4. The molecule has 5 nitrogen and oxygen atoms in total. The number of carboxylic acids is 1. The van der Waals surface area contributed by atoms with Crippen LogP contribution in [0.4, 0.5) is 13.2 Å². The molecule has 0 atom stereocenters. The van der Waals surface area contributed by atoms with Crippen LogP contribution < -0.4 is 5.32 Å². The van der Waals surface area contributed by atoms with E-state index in [1.165, 1.54) is 18.3 Å². The lowest BCUT2D eigenvalue weighted by atomic mass is 10.1. The molecule has 2 aromatic rings. The molecule has 118 valence electrons. The Morgan fingerprint density at radius 1 is 1.23 bits per heavy atom. The van der Waals surface area contributed by atoms with Crippen molar-refractivity contribution in [2.75, 3.05) is 0 Å². The lowest BCUT2D eigenvalue weighted by Gasteiger charge is -2.11. The number of aromatic carboxylic acids is 1. The third kappa shape index (κ3) is 4.32. The molecule has 22 heavy (non-hydrogen) atoms. The molecule has 0 spiro atoms. The van der Waals surface area contributed by atoms with E-state index in [-0.39, 0.29) is 18.7 Å². The van der Waals surface area contributed by atoms with E-state index in [4.69, 9.17) is 5.11 Å². The van der Waals surface area contributed by atoms with Crippen molar-refractivity contribution < 1.29 is 23.1 Å². The highest BCUT2D eigenvalue weighted by Crippen LogP contribution is 2.18. The van der Waals surface area contributed by atoms with Crippen molar-refractivity contribution in [1.82, 2.24) is 15.1 Å². The first kappa shape index (κ1) is 16.0. The number of nitrogens with one attached hydrogen (secondary N) is 1. The molecule has 0 saturated heterocycles. The fourth-order valence-corrected chi connectivity index (χ4v) is 2.03. The van der Waals surface area contributed by atoms with E-state index in [1.807, 2.05) is 0 Å². The zero-order valence-electron chi connectivity index (χ0n) is 11.5. The largest absolute Gasteiger partial charge is 0.478 e. The highest BCUT2D eigenvalue weighted by Gasteiger charge is 2.29. The average molecular weight is 313 g/mol. The number of hydrogen-bond donors (Lipinski definition) is 2. The molecule has 0 radical (unpaired) electrons. The van der Waals surface area contributed by atoms with Crippen molar-refractivity contribution in [2.45, 2.75) is 25.8 Å². The summed E-state index contributed by atoms with van der Waals surface area (Å²) in [4.78, 5) is 11.1. The fraction of sp³-hybridized carbons (Fsp3) is 0.286. The molecule has 0 aliphatic carbocycles. The number of carboxylic acid groups (broad SMARTS) is 1. The lowest BCUT2D eigenvalue weighted by Crippen LogP contribution is -2.23. The summed E-state index contributed by atoms with van der Waals surface area (Å²) >= 11 is 0. The zero-order chi connectivity index (χ0) is 16.2. The van der Waals surface area contributed by atoms with Crippen molar-refractivity contribution in [3.8, 4) is 0 Å². The molecule has 8 heteroatoms. The maximum atomic E-state index is 12.4. The quantitative estimate of drug-likeness (QED) is 0.859. The summed E-state index contributed by atoms with van der Waals surface area (Å²) in [6, 6.07) is 7.95. The summed E-state index contributed by atoms with van der Waals surface area (Å²) in [5.74, 6) is -1.04. The fourth-order valence-electron chi connectivity index (χ4n) is 2.03. The van der Waals surface area contributed by atoms with Gasteiger partial charge in [0.2, 0.25) is 0 Å². The monoisotopic (exact) mass is 313 g/mol. The second-order valence-electron chi connectivity index (χ2n) is 4.66. The minimum absolute atomic E-state index is 0.157. The number of benzene rings is 1. The third-order valence-electron chi connectivity index (χ3n) is 3.00. The molecule has 0 aliphatic rings. The topological polar surface area (TPSA) is 67.2 Å². The van der Waals surface area contributed by atoms with Gasteiger partial charge >= 0.3 is 12.1 Å². The number of nitrogens with zero attached hydrogens (tertiary/aromatic N) is 2. The average Bonchev–Trinajstić information content (AvgIpc) is 2.84. The Kier molecular flexibility index (Phi) is 4.81. The molecule has 1 heterocycles. The second kappa shape index (κ2) is 6.61. The molecule has 0 unspecified atom stereocenters. The second-order valence-corrected chi connectivity index (χ2v) is 4.66. The third-order valence-corrected chi connectivity index (χ3v) is 3.00. The van der Waals surface area contributed by atoms with E-state index in [0.717, 1.165) is 4.68 Å². The number of halogens is 3. The standard InChI is InChI=1S/C14H14F3N3O2/c15-14(16,17)9-20-11(5-6-19-20)8-18-7-10-3-1-2-4-12(10)13(21)22/h1-6,18H,7-9H2,(H,21,22). The summed E-state index contributed by atoms with van der Waals surface area (Å²) in [5.41, 5.74) is 1.11. The maximum Gasteiger partial charge on any atom is 0.408 e. The minimum Gasteiger partial charge on any atom is -0.478 e. The highest BCUT2D eigenvalue weighted by molar-refractivity contribution is 5.89. The van der Waals surface area contributed by atoms with Crippen LogP contribution in [0.2, 0.25) is 0 Å². The lowest BCUT2D eigenvalue weighted by molar-refractivity contribution is -0.143. The van der Waals surface area contributed by atoms with Gasteiger partial charge in [0.25, 0.3) is 0 Å². The Labute approximate surface area is 124 Å². The Bertz CT molecular complexity index is 653. The Balaban J connectivity index is 1.98. The molecular formula is C14H14F3N3O2. The molecule has 2 N–H and O–H groups in total. The van der Waals surface area contributed by atoms with Crippen LogP contribution >= 0.6 is 0 Å². The van der Waals surface area contributed by atoms with Crippen LogP contribution in [0.5, 0.6) is 0 Å². The van der Waals surface area contributed by atoms with E-state index in [0.29, 0.717) is 11.3 Å². The molecule has 1 aromatic heterocycles. The molecule has 0 fully saturated rings. The van der Waals surface area contributed by atoms with Gasteiger partial charge in [-0.05, 0) is 17.7 Å². The Hall–Kier alpha value is -2.35. The predicted octanol–water partition coefficient (Wildman–Crippen LogP) is 2.43. The van der Waals surface area contributed by atoms with Crippen LogP contribution in [0.25, 0.3) is 0 Å². The summed E-state index contributed by atoms with van der Waals surface area (Å²) in [6.07, 6.45) is -3.04. The van der Waals surface area contributed by atoms with E-state index < -0.39 is 18.7 Å². The number of alkyl halides is 3. The van der Waals surface area contributed by atoms with Crippen molar-refractivity contribution in [1.29, 1.82) is 0 Å². The van der Waals surface area contributed by atoms with Gasteiger partial charge < -0.3 is 10.4 Å². The first-order valence-electron chi connectivity index (χ1n) is 6.46. The molecular weight excluding hydrogens is 299 g/mol. The van der Waals surface area contributed by atoms with Crippen LogP contribution in [0.15, 0.2) is 36.5 Å². The summed E-state index contributed by atoms with van der Waals surface area (Å²) < 4.78 is 38.0. The van der Waals surface area contributed by atoms with Crippen LogP contribution in [-0.2, 0) is 19.6 Å². The SMILES string of the molecule is O=C(O)c1ccccc1CNCc1ccnn1CC(F)(F)F. The molecule has 2 rings (SSSR count). The van der Waals surface area contributed by atoms with Crippen molar-refractivity contribution in [2.24, 2.45) is 0 Å². The Morgan fingerprint density at radius 3 is 2.64 bits per heavy atom.